The van der Waals surface area contributed by atoms with E-state index < -0.39 is 0 Å². The summed E-state index contributed by atoms with van der Waals surface area (Å²) in [5.74, 6) is 3.22. The lowest BCUT2D eigenvalue weighted by atomic mass is 9.38. The van der Waals surface area contributed by atoms with Gasteiger partial charge in [0.2, 0.25) is 0 Å². The molecule has 0 radical (unpaired) electrons. The Morgan fingerprint density at radius 3 is 2.55 bits per heavy atom. The molecule has 4 fully saturated rings. The molecule has 0 aromatic carbocycles. The summed E-state index contributed by atoms with van der Waals surface area (Å²) >= 11 is 0. The van der Waals surface area contributed by atoms with Gasteiger partial charge in [0.15, 0.2) is 5.78 Å². The highest BCUT2D eigenvalue weighted by Gasteiger charge is 2.64. The van der Waals surface area contributed by atoms with E-state index >= 15 is 0 Å². The predicted octanol–water partition coefficient (Wildman–Crippen LogP) is 5.29. The summed E-state index contributed by atoms with van der Waals surface area (Å²) in [4.78, 5) is 12.7. The third-order valence-corrected chi connectivity index (χ3v) is 11.1. The van der Waals surface area contributed by atoms with E-state index in [2.05, 4.69) is 32.9 Å². The number of carbonyl (C=O) groups is 1. The second kappa shape index (κ2) is 6.43. The van der Waals surface area contributed by atoms with E-state index in [4.69, 9.17) is 0 Å². The number of allylic oxidation sites excluding steroid dienone is 2. The zero-order valence-electron chi connectivity index (χ0n) is 18.4. The average molecular weight is 396 g/mol. The van der Waals surface area contributed by atoms with Gasteiger partial charge in [-0.15, -0.1) is 0 Å². The molecular formula is C26H37NO2. The van der Waals surface area contributed by atoms with E-state index in [0.717, 1.165) is 18.3 Å². The smallest absolute Gasteiger partial charge is 0.176 e. The molecule has 0 saturated heterocycles. The van der Waals surface area contributed by atoms with Gasteiger partial charge < -0.3 is 5.11 Å². The number of rotatable bonds is 1. The highest BCUT2D eigenvalue weighted by Crippen LogP contribution is 2.71. The Labute approximate surface area is 175 Å². The first-order valence-corrected chi connectivity index (χ1v) is 12.1. The lowest BCUT2D eigenvalue weighted by Gasteiger charge is -2.66. The summed E-state index contributed by atoms with van der Waals surface area (Å²) in [6.07, 6.45) is 13.2. The normalized spacial score (nSPS) is 53.8. The number of hydrogen-bond donors (Lipinski definition) is 1. The molecule has 5 rings (SSSR count). The van der Waals surface area contributed by atoms with Crippen LogP contribution < -0.4 is 0 Å². The van der Waals surface area contributed by atoms with Crippen molar-refractivity contribution in [2.45, 2.75) is 78.6 Å². The Bertz CT molecular complexity index is 795. The van der Waals surface area contributed by atoms with Crippen LogP contribution in [0.1, 0.15) is 78.6 Å². The molecule has 9 unspecified atom stereocenters. The first-order valence-electron chi connectivity index (χ1n) is 12.1. The van der Waals surface area contributed by atoms with E-state index in [0.29, 0.717) is 35.3 Å². The fraction of sp³-hybridized carbons (Fsp3) is 0.846. The number of ketones is 1. The van der Waals surface area contributed by atoms with Crippen LogP contribution in [-0.2, 0) is 4.79 Å². The SMILES string of the molecule is CC1C(=O)C(C#N)=CC2(C)C1CCC1(C)C3CCC4(CO)CCCC4C3CCC21. The molecule has 4 saturated carbocycles. The molecule has 0 aromatic heterocycles. The molecular weight excluding hydrogens is 358 g/mol. The van der Waals surface area contributed by atoms with Crippen LogP contribution in [0.3, 0.4) is 0 Å². The molecule has 158 valence electrons. The van der Waals surface area contributed by atoms with Crippen molar-refractivity contribution < 1.29 is 9.90 Å². The van der Waals surface area contributed by atoms with E-state index in [1.165, 1.54) is 51.4 Å². The topological polar surface area (TPSA) is 61.1 Å². The van der Waals surface area contributed by atoms with Crippen molar-refractivity contribution in [3.63, 3.8) is 0 Å². The fourth-order valence-electron chi connectivity index (χ4n) is 9.84. The van der Waals surface area contributed by atoms with Gasteiger partial charge in [0, 0.05) is 12.5 Å². The van der Waals surface area contributed by atoms with Gasteiger partial charge >= 0.3 is 0 Å². The predicted molar refractivity (Wildman–Crippen MR) is 113 cm³/mol. The standard InChI is InChI=1S/C26H37NO2/c1-16-19-8-11-24(2)20-9-12-26(15-28)10-4-5-21(26)18(20)6-7-22(24)25(19,3)13-17(14-27)23(16)29/h13,16,18-22,28H,4-12,15H2,1-3H3. The summed E-state index contributed by atoms with van der Waals surface area (Å²) < 4.78 is 0. The highest BCUT2D eigenvalue weighted by atomic mass is 16.3. The Morgan fingerprint density at radius 1 is 1.07 bits per heavy atom. The molecule has 0 aliphatic heterocycles. The maximum absolute atomic E-state index is 12.7. The number of hydrogen-bond acceptors (Lipinski definition) is 3. The van der Waals surface area contributed by atoms with E-state index in [9.17, 15) is 15.2 Å². The second-order valence-corrected chi connectivity index (χ2v) is 11.8. The van der Waals surface area contributed by atoms with Gasteiger partial charge in [-0.05, 0) is 97.2 Å². The molecule has 5 aliphatic carbocycles. The zero-order chi connectivity index (χ0) is 20.6. The van der Waals surface area contributed by atoms with Crippen LogP contribution in [0.15, 0.2) is 11.6 Å². The molecule has 1 N–H and O–H groups in total. The van der Waals surface area contributed by atoms with Crippen LogP contribution in [0.2, 0.25) is 0 Å². The highest BCUT2D eigenvalue weighted by molar-refractivity contribution is 6.01. The van der Waals surface area contributed by atoms with Crippen LogP contribution in [0.5, 0.6) is 0 Å². The number of aliphatic hydroxyl groups excluding tert-OH is 1. The van der Waals surface area contributed by atoms with E-state index in [1.807, 2.05) is 0 Å². The quantitative estimate of drug-likeness (QED) is 0.656. The van der Waals surface area contributed by atoms with Crippen molar-refractivity contribution in [1.82, 2.24) is 0 Å². The maximum Gasteiger partial charge on any atom is 0.176 e. The molecule has 0 heterocycles. The van der Waals surface area contributed by atoms with Gasteiger partial charge in [0.1, 0.15) is 6.07 Å². The number of fused-ring (bicyclic) bond motifs is 7. The third kappa shape index (κ3) is 2.42. The molecule has 5 aliphatic rings. The second-order valence-electron chi connectivity index (χ2n) is 11.8. The monoisotopic (exact) mass is 395 g/mol. The summed E-state index contributed by atoms with van der Waals surface area (Å²) in [5.41, 5.74) is 0.902. The van der Waals surface area contributed by atoms with E-state index in [-0.39, 0.29) is 22.5 Å². The van der Waals surface area contributed by atoms with Gasteiger partial charge in [0.05, 0.1) is 5.57 Å². The first kappa shape index (κ1) is 19.8. The summed E-state index contributed by atoms with van der Waals surface area (Å²) in [6.45, 7) is 7.38. The van der Waals surface area contributed by atoms with Gasteiger partial charge in [0.25, 0.3) is 0 Å². The van der Waals surface area contributed by atoms with Gasteiger partial charge in [-0.3, -0.25) is 4.79 Å². The minimum absolute atomic E-state index is 0.0230. The number of nitriles is 1. The Balaban J connectivity index is 1.53. The summed E-state index contributed by atoms with van der Waals surface area (Å²) in [5, 5.41) is 19.9. The largest absolute Gasteiger partial charge is 0.396 e. The Morgan fingerprint density at radius 2 is 1.83 bits per heavy atom. The lowest BCUT2D eigenvalue weighted by molar-refractivity contribution is -0.167. The van der Waals surface area contributed by atoms with Crippen LogP contribution in [0.25, 0.3) is 0 Å². The number of aliphatic hydroxyl groups is 1. The summed E-state index contributed by atoms with van der Waals surface area (Å²) in [6, 6.07) is 2.23. The van der Waals surface area contributed by atoms with Gasteiger partial charge in [-0.25, -0.2) is 0 Å². The molecule has 0 aromatic rings. The molecule has 0 spiro atoms. The van der Waals surface area contributed by atoms with Crippen molar-refractivity contribution in [1.29, 1.82) is 5.26 Å². The van der Waals surface area contributed by atoms with Gasteiger partial charge in [-0.2, -0.15) is 5.26 Å². The Kier molecular flexibility index (Phi) is 4.39. The van der Waals surface area contributed by atoms with Crippen molar-refractivity contribution in [2.24, 2.45) is 51.8 Å². The van der Waals surface area contributed by atoms with Gasteiger partial charge in [-0.1, -0.05) is 33.3 Å². The van der Waals surface area contributed by atoms with Crippen molar-refractivity contribution >= 4 is 5.78 Å². The number of Topliss-reactive ketones (excluding diaryl/α,β-unsaturated/α-hetero) is 1. The first-order chi connectivity index (χ1) is 13.8. The third-order valence-electron chi connectivity index (χ3n) is 11.1. The molecule has 9 atom stereocenters. The number of carbonyl (C=O) groups excluding carboxylic acids is 1. The summed E-state index contributed by atoms with van der Waals surface area (Å²) in [7, 11) is 0. The Hall–Kier alpha value is -1.14. The van der Waals surface area contributed by atoms with Crippen LogP contribution in [0.4, 0.5) is 0 Å². The van der Waals surface area contributed by atoms with Crippen molar-refractivity contribution in [2.75, 3.05) is 6.61 Å². The average Bonchev–Trinajstić information content (AvgIpc) is 3.15. The van der Waals surface area contributed by atoms with Crippen LogP contribution >= 0.6 is 0 Å². The molecule has 3 nitrogen and oxygen atoms in total. The minimum Gasteiger partial charge on any atom is -0.396 e. The fourth-order valence-corrected chi connectivity index (χ4v) is 9.84. The zero-order valence-corrected chi connectivity index (χ0v) is 18.4. The number of nitrogens with zero attached hydrogens (tertiary/aromatic N) is 1. The van der Waals surface area contributed by atoms with Crippen molar-refractivity contribution in [3.8, 4) is 6.07 Å². The minimum atomic E-state index is -0.0302. The molecule has 29 heavy (non-hydrogen) atoms. The molecule has 0 bridgehead atoms. The van der Waals surface area contributed by atoms with Crippen LogP contribution in [0, 0.1) is 63.1 Å². The maximum atomic E-state index is 12.7. The van der Waals surface area contributed by atoms with E-state index in [1.54, 1.807) is 0 Å². The van der Waals surface area contributed by atoms with Crippen molar-refractivity contribution in [3.05, 3.63) is 11.6 Å². The molecule has 0 amide bonds. The molecule has 3 heteroatoms. The lowest BCUT2D eigenvalue weighted by Crippen LogP contribution is -2.60. The van der Waals surface area contributed by atoms with Crippen LogP contribution in [-0.4, -0.2) is 17.5 Å².